The number of rotatable bonds is 4. The van der Waals surface area contributed by atoms with E-state index in [1.807, 2.05) is 12.1 Å². The molecule has 0 saturated heterocycles. The van der Waals surface area contributed by atoms with Crippen LogP contribution in [-0.2, 0) is 12.8 Å². The van der Waals surface area contributed by atoms with Gasteiger partial charge in [-0.2, -0.15) is 0 Å². The molecule has 1 heterocycles. The van der Waals surface area contributed by atoms with E-state index in [0.717, 1.165) is 18.4 Å². The first-order valence-electron chi connectivity index (χ1n) is 7.02. The van der Waals surface area contributed by atoms with Crippen molar-refractivity contribution in [2.24, 2.45) is 5.73 Å². The molecule has 0 fully saturated rings. The summed E-state index contributed by atoms with van der Waals surface area (Å²) in [6.45, 7) is 2.06. The number of nitrogens with two attached hydrogens (primary N) is 1. The summed E-state index contributed by atoms with van der Waals surface area (Å²) in [6, 6.07) is 15.0. The Morgan fingerprint density at radius 3 is 2.52 bits per heavy atom. The van der Waals surface area contributed by atoms with E-state index in [1.54, 1.807) is 11.3 Å². The van der Waals surface area contributed by atoms with Crippen molar-refractivity contribution < 1.29 is 4.39 Å². The van der Waals surface area contributed by atoms with Crippen LogP contribution in [0.2, 0.25) is 0 Å². The minimum Gasteiger partial charge on any atom is -0.325 e. The Morgan fingerprint density at radius 2 is 1.76 bits per heavy atom. The minimum atomic E-state index is -0.346. The number of hydrogen-bond acceptors (Lipinski definition) is 2. The van der Waals surface area contributed by atoms with Crippen LogP contribution in [0.1, 0.15) is 18.1 Å². The molecule has 108 valence electrons. The lowest BCUT2D eigenvalue weighted by molar-refractivity contribution is 0.464. The van der Waals surface area contributed by atoms with Gasteiger partial charge in [0, 0.05) is 10.2 Å². The zero-order chi connectivity index (χ0) is 14.9. The van der Waals surface area contributed by atoms with Crippen molar-refractivity contribution in [2.75, 3.05) is 0 Å². The highest BCUT2D eigenvalue weighted by molar-refractivity contribution is 7.17. The maximum atomic E-state index is 13.0. The van der Waals surface area contributed by atoms with Crippen molar-refractivity contribution in [3.8, 4) is 0 Å². The standard InChI is InChI=1S/C18H18FNS/c1-18(20,10-13-6-8-15(19)9-7-13)11-14-12-21-17-5-3-2-4-16(14)17/h2-9,12H,10-11,20H2,1H3. The van der Waals surface area contributed by atoms with Crippen molar-refractivity contribution in [3.05, 3.63) is 70.9 Å². The Kier molecular flexibility index (Phi) is 3.79. The van der Waals surface area contributed by atoms with Gasteiger partial charge >= 0.3 is 0 Å². The molecule has 0 spiro atoms. The summed E-state index contributed by atoms with van der Waals surface area (Å²) in [6.07, 6.45) is 1.55. The zero-order valence-electron chi connectivity index (χ0n) is 12.0. The number of thiophene rings is 1. The highest BCUT2D eigenvalue weighted by atomic mass is 32.1. The van der Waals surface area contributed by atoms with E-state index in [9.17, 15) is 4.39 Å². The molecule has 2 N–H and O–H groups in total. The number of benzene rings is 2. The number of hydrogen-bond donors (Lipinski definition) is 1. The van der Waals surface area contributed by atoms with Crippen molar-refractivity contribution in [3.63, 3.8) is 0 Å². The van der Waals surface area contributed by atoms with Gasteiger partial charge < -0.3 is 5.73 Å². The quantitative estimate of drug-likeness (QED) is 0.752. The van der Waals surface area contributed by atoms with E-state index in [-0.39, 0.29) is 11.4 Å². The predicted octanol–water partition coefficient (Wildman–Crippen LogP) is 4.54. The van der Waals surface area contributed by atoms with Gasteiger partial charge in [0.2, 0.25) is 0 Å². The number of fused-ring (bicyclic) bond motifs is 1. The summed E-state index contributed by atoms with van der Waals surface area (Å²) >= 11 is 1.76. The summed E-state index contributed by atoms with van der Waals surface area (Å²) in [7, 11) is 0. The van der Waals surface area contributed by atoms with E-state index in [2.05, 4.69) is 36.6 Å². The molecule has 2 aromatic carbocycles. The number of halogens is 1. The molecule has 3 rings (SSSR count). The Hall–Kier alpha value is -1.71. The summed E-state index contributed by atoms with van der Waals surface area (Å²) in [4.78, 5) is 0. The lowest BCUT2D eigenvalue weighted by atomic mass is 9.87. The molecule has 1 unspecified atom stereocenters. The molecule has 0 bridgehead atoms. The third-order valence-corrected chi connectivity index (χ3v) is 4.69. The van der Waals surface area contributed by atoms with Crippen molar-refractivity contribution in [1.29, 1.82) is 0 Å². The molecular weight excluding hydrogens is 281 g/mol. The molecule has 0 radical (unpaired) electrons. The normalized spacial score (nSPS) is 14.2. The zero-order valence-corrected chi connectivity index (χ0v) is 12.8. The van der Waals surface area contributed by atoms with Crippen molar-refractivity contribution in [2.45, 2.75) is 25.3 Å². The minimum absolute atomic E-state index is 0.207. The lowest BCUT2D eigenvalue weighted by Crippen LogP contribution is -2.40. The fourth-order valence-corrected chi connectivity index (χ4v) is 3.70. The molecule has 0 saturated carbocycles. The summed E-state index contributed by atoms with van der Waals surface area (Å²) in [5, 5.41) is 3.48. The molecule has 3 heteroatoms. The first-order valence-corrected chi connectivity index (χ1v) is 7.90. The topological polar surface area (TPSA) is 26.0 Å². The Labute approximate surface area is 128 Å². The fraction of sp³-hybridized carbons (Fsp3) is 0.222. The van der Waals surface area contributed by atoms with Gasteiger partial charge in [-0.3, -0.25) is 0 Å². The van der Waals surface area contributed by atoms with Crippen LogP contribution < -0.4 is 5.73 Å². The summed E-state index contributed by atoms with van der Waals surface area (Å²) in [5.41, 5.74) is 8.50. The highest BCUT2D eigenvalue weighted by Gasteiger charge is 2.21. The van der Waals surface area contributed by atoms with Crippen LogP contribution in [0, 0.1) is 5.82 Å². The van der Waals surface area contributed by atoms with Gasteiger partial charge in [0.15, 0.2) is 0 Å². The highest BCUT2D eigenvalue weighted by Crippen LogP contribution is 2.29. The van der Waals surface area contributed by atoms with E-state index in [1.165, 1.54) is 27.8 Å². The van der Waals surface area contributed by atoms with E-state index in [4.69, 9.17) is 5.73 Å². The van der Waals surface area contributed by atoms with Gasteiger partial charge in [-0.05, 0) is 59.9 Å². The first-order chi connectivity index (χ1) is 10.0. The molecular formula is C18H18FNS. The molecule has 0 aliphatic rings. The van der Waals surface area contributed by atoms with Crippen LogP contribution in [0.5, 0.6) is 0 Å². The fourth-order valence-electron chi connectivity index (χ4n) is 2.74. The van der Waals surface area contributed by atoms with Gasteiger partial charge in [0.1, 0.15) is 5.82 Å². The van der Waals surface area contributed by atoms with Crippen LogP contribution in [0.15, 0.2) is 53.9 Å². The largest absolute Gasteiger partial charge is 0.325 e. The van der Waals surface area contributed by atoms with Crippen LogP contribution in [0.3, 0.4) is 0 Å². The monoisotopic (exact) mass is 299 g/mol. The SMILES string of the molecule is CC(N)(Cc1ccc(F)cc1)Cc1csc2ccccc12. The van der Waals surface area contributed by atoms with Gasteiger partial charge in [-0.15, -0.1) is 11.3 Å². The second kappa shape index (κ2) is 5.58. The molecule has 0 amide bonds. The molecule has 1 aromatic heterocycles. The van der Waals surface area contributed by atoms with Crippen LogP contribution in [0.4, 0.5) is 4.39 Å². The van der Waals surface area contributed by atoms with Crippen LogP contribution in [0.25, 0.3) is 10.1 Å². The van der Waals surface area contributed by atoms with Crippen molar-refractivity contribution >= 4 is 21.4 Å². The molecule has 0 aliphatic heterocycles. The van der Waals surface area contributed by atoms with Gasteiger partial charge in [-0.25, -0.2) is 4.39 Å². The third kappa shape index (κ3) is 3.31. The maximum Gasteiger partial charge on any atom is 0.123 e. The van der Waals surface area contributed by atoms with E-state index >= 15 is 0 Å². The summed E-state index contributed by atoms with van der Waals surface area (Å²) in [5.74, 6) is -0.207. The molecule has 1 atom stereocenters. The molecule has 1 nitrogen and oxygen atoms in total. The maximum absolute atomic E-state index is 13.0. The van der Waals surface area contributed by atoms with E-state index < -0.39 is 0 Å². The third-order valence-electron chi connectivity index (χ3n) is 3.68. The first kappa shape index (κ1) is 14.2. The molecule has 3 aromatic rings. The Morgan fingerprint density at radius 1 is 1.05 bits per heavy atom. The molecule has 0 aliphatic carbocycles. The molecule has 21 heavy (non-hydrogen) atoms. The van der Waals surface area contributed by atoms with Crippen molar-refractivity contribution in [1.82, 2.24) is 0 Å². The van der Waals surface area contributed by atoms with Gasteiger partial charge in [0.05, 0.1) is 0 Å². The van der Waals surface area contributed by atoms with Crippen LogP contribution >= 0.6 is 11.3 Å². The average molecular weight is 299 g/mol. The van der Waals surface area contributed by atoms with E-state index in [0.29, 0.717) is 0 Å². The van der Waals surface area contributed by atoms with Gasteiger partial charge in [-0.1, -0.05) is 30.3 Å². The smallest absolute Gasteiger partial charge is 0.123 e. The lowest BCUT2D eigenvalue weighted by Gasteiger charge is -2.24. The Balaban J connectivity index is 1.80. The second-order valence-electron chi connectivity index (χ2n) is 5.89. The van der Waals surface area contributed by atoms with Crippen LogP contribution in [-0.4, -0.2) is 5.54 Å². The second-order valence-corrected chi connectivity index (χ2v) is 6.80. The average Bonchev–Trinajstić information content (AvgIpc) is 2.84. The Bertz CT molecular complexity index is 743. The predicted molar refractivity (Wildman–Crippen MR) is 88.2 cm³/mol. The van der Waals surface area contributed by atoms with Gasteiger partial charge in [0.25, 0.3) is 0 Å². The summed E-state index contributed by atoms with van der Waals surface area (Å²) < 4.78 is 14.3.